The largest absolute Gasteiger partial charge is 0.472 e. The van der Waals surface area contributed by atoms with Gasteiger partial charge in [0, 0.05) is 39.3 Å². The third-order valence-corrected chi connectivity index (χ3v) is 5.39. The number of benzene rings is 1. The van der Waals surface area contributed by atoms with Gasteiger partial charge in [0.2, 0.25) is 0 Å². The summed E-state index contributed by atoms with van der Waals surface area (Å²) in [5.74, 6) is 0.0187. The lowest BCUT2D eigenvalue weighted by atomic mass is 9.83. The molecule has 1 amide bonds. The van der Waals surface area contributed by atoms with Crippen LogP contribution in [0.3, 0.4) is 0 Å². The molecule has 0 radical (unpaired) electrons. The Labute approximate surface area is 148 Å². The molecule has 0 aliphatic carbocycles. The van der Waals surface area contributed by atoms with E-state index in [0.717, 1.165) is 38.0 Å². The Balaban J connectivity index is 1.54. The molecule has 5 heteroatoms. The van der Waals surface area contributed by atoms with Gasteiger partial charge in [-0.15, -0.1) is 0 Å². The first-order chi connectivity index (χ1) is 12.1. The average Bonchev–Trinajstić information content (AvgIpc) is 3.24. The Hall–Kier alpha value is -2.11. The summed E-state index contributed by atoms with van der Waals surface area (Å²) in [6, 6.07) is 10.2. The molecule has 5 nitrogen and oxygen atoms in total. The van der Waals surface area contributed by atoms with Gasteiger partial charge in [-0.2, -0.15) is 0 Å². The summed E-state index contributed by atoms with van der Waals surface area (Å²) in [5.41, 5.74) is 3.09. The van der Waals surface area contributed by atoms with Crippen LogP contribution in [-0.4, -0.2) is 42.9 Å². The summed E-state index contributed by atoms with van der Waals surface area (Å²) in [4.78, 5) is 16.6. The highest BCUT2D eigenvalue weighted by Crippen LogP contribution is 2.49. The van der Waals surface area contributed by atoms with E-state index in [4.69, 9.17) is 9.15 Å². The van der Waals surface area contributed by atoms with Crippen molar-refractivity contribution in [2.45, 2.75) is 31.1 Å². The molecule has 4 rings (SSSR count). The van der Waals surface area contributed by atoms with Gasteiger partial charge in [0.1, 0.15) is 0 Å². The van der Waals surface area contributed by atoms with Crippen LogP contribution in [-0.2, 0) is 21.7 Å². The number of carbonyl (C=O) groups is 1. The number of likely N-dealkylation sites (N-methyl/N-ethyl adjacent to an activating group) is 1. The lowest BCUT2D eigenvalue weighted by Crippen LogP contribution is -2.42. The van der Waals surface area contributed by atoms with E-state index in [2.05, 4.69) is 11.0 Å². The zero-order chi connectivity index (χ0) is 17.4. The van der Waals surface area contributed by atoms with E-state index in [9.17, 15) is 4.79 Å². The van der Waals surface area contributed by atoms with Gasteiger partial charge in [-0.1, -0.05) is 24.3 Å². The highest BCUT2D eigenvalue weighted by atomic mass is 16.5. The molecule has 3 heterocycles. The van der Waals surface area contributed by atoms with Crippen LogP contribution in [0, 0.1) is 0 Å². The number of amides is 1. The second kappa shape index (κ2) is 6.32. The molecular formula is C20H24N2O3. The summed E-state index contributed by atoms with van der Waals surface area (Å²) in [6.45, 7) is 2.79. The molecule has 1 atom stereocenters. The molecule has 1 aromatic heterocycles. The standard InChI is InChI=1S/C20H24N2O3/c1-21(2)19(23)18-16-5-3-4-6-17(16)20(25-18)8-10-22(11-9-20)13-15-7-12-24-14-15/h3-7,12,14,18H,8-11,13H2,1-2H3/t18-/m0/s1. The van der Waals surface area contributed by atoms with Crippen LogP contribution in [0.2, 0.25) is 0 Å². The van der Waals surface area contributed by atoms with E-state index >= 15 is 0 Å². The summed E-state index contributed by atoms with van der Waals surface area (Å²) in [7, 11) is 3.57. The van der Waals surface area contributed by atoms with Crippen molar-refractivity contribution in [3.63, 3.8) is 0 Å². The Morgan fingerprint density at radius 1 is 1.24 bits per heavy atom. The molecule has 2 aliphatic heterocycles. The number of likely N-dealkylation sites (tertiary alicyclic amines) is 1. The summed E-state index contributed by atoms with van der Waals surface area (Å²) in [6.07, 6.45) is 4.84. The molecule has 0 saturated carbocycles. The van der Waals surface area contributed by atoms with Gasteiger partial charge in [0.05, 0.1) is 18.1 Å². The van der Waals surface area contributed by atoms with Gasteiger partial charge in [-0.3, -0.25) is 9.69 Å². The van der Waals surface area contributed by atoms with Crippen LogP contribution in [0.15, 0.2) is 47.3 Å². The molecule has 25 heavy (non-hydrogen) atoms. The second-order valence-corrected chi connectivity index (χ2v) is 7.22. The fourth-order valence-corrected chi connectivity index (χ4v) is 4.01. The van der Waals surface area contributed by atoms with E-state index < -0.39 is 6.10 Å². The van der Waals surface area contributed by atoms with Crippen LogP contribution in [0.5, 0.6) is 0 Å². The minimum absolute atomic E-state index is 0.0187. The topological polar surface area (TPSA) is 45.9 Å². The maximum atomic E-state index is 12.6. The van der Waals surface area contributed by atoms with Crippen LogP contribution in [0.1, 0.15) is 35.6 Å². The molecule has 2 aliphatic rings. The number of ether oxygens (including phenoxy) is 1. The minimum atomic E-state index is -0.480. The normalized spacial score (nSPS) is 22.1. The van der Waals surface area contributed by atoms with E-state index in [1.54, 1.807) is 31.5 Å². The smallest absolute Gasteiger partial charge is 0.255 e. The van der Waals surface area contributed by atoms with Gasteiger partial charge in [-0.25, -0.2) is 0 Å². The van der Waals surface area contributed by atoms with Crippen LogP contribution >= 0.6 is 0 Å². The number of rotatable bonds is 3. The van der Waals surface area contributed by atoms with Crippen molar-refractivity contribution in [3.05, 3.63) is 59.5 Å². The summed E-state index contributed by atoms with van der Waals surface area (Å²) < 4.78 is 11.6. The van der Waals surface area contributed by atoms with Gasteiger partial charge in [-0.05, 0) is 30.0 Å². The van der Waals surface area contributed by atoms with E-state index in [1.807, 2.05) is 24.3 Å². The molecule has 132 valence electrons. The number of nitrogens with zero attached hydrogens (tertiary/aromatic N) is 2. The van der Waals surface area contributed by atoms with Crippen molar-refractivity contribution in [1.82, 2.24) is 9.80 Å². The van der Waals surface area contributed by atoms with Gasteiger partial charge < -0.3 is 14.1 Å². The maximum absolute atomic E-state index is 12.6. The van der Waals surface area contributed by atoms with Crippen molar-refractivity contribution < 1.29 is 13.9 Å². The average molecular weight is 340 g/mol. The lowest BCUT2D eigenvalue weighted by Gasteiger charge is -2.39. The van der Waals surface area contributed by atoms with Crippen LogP contribution < -0.4 is 0 Å². The zero-order valence-electron chi connectivity index (χ0n) is 14.8. The van der Waals surface area contributed by atoms with Gasteiger partial charge >= 0.3 is 0 Å². The van der Waals surface area contributed by atoms with Crippen molar-refractivity contribution in [2.75, 3.05) is 27.2 Å². The van der Waals surface area contributed by atoms with E-state index in [-0.39, 0.29) is 11.5 Å². The molecule has 1 spiro atoms. The van der Waals surface area contributed by atoms with E-state index in [1.165, 1.54) is 11.1 Å². The van der Waals surface area contributed by atoms with Crippen molar-refractivity contribution in [1.29, 1.82) is 0 Å². The maximum Gasteiger partial charge on any atom is 0.255 e. The summed E-state index contributed by atoms with van der Waals surface area (Å²) >= 11 is 0. The molecule has 0 bridgehead atoms. The predicted octanol–water partition coefficient (Wildman–Crippen LogP) is 2.93. The number of furan rings is 1. The Bertz CT molecular complexity index is 746. The molecule has 1 aromatic carbocycles. The second-order valence-electron chi connectivity index (χ2n) is 7.22. The quantitative estimate of drug-likeness (QED) is 0.862. The highest BCUT2D eigenvalue weighted by Gasteiger charge is 2.48. The monoisotopic (exact) mass is 340 g/mol. The van der Waals surface area contributed by atoms with E-state index in [0.29, 0.717) is 0 Å². The molecule has 2 aromatic rings. The lowest BCUT2D eigenvalue weighted by molar-refractivity contribution is -0.158. The first-order valence-corrected chi connectivity index (χ1v) is 8.81. The van der Waals surface area contributed by atoms with Gasteiger partial charge in [0.25, 0.3) is 5.91 Å². The van der Waals surface area contributed by atoms with Crippen molar-refractivity contribution in [2.24, 2.45) is 0 Å². The fraction of sp³-hybridized carbons (Fsp3) is 0.450. The van der Waals surface area contributed by atoms with Crippen molar-refractivity contribution in [3.8, 4) is 0 Å². The predicted molar refractivity (Wildman–Crippen MR) is 93.9 cm³/mol. The first kappa shape index (κ1) is 16.4. The van der Waals surface area contributed by atoms with Crippen LogP contribution in [0.25, 0.3) is 0 Å². The minimum Gasteiger partial charge on any atom is -0.472 e. The fourth-order valence-electron chi connectivity index (χ4n) is 4.01. The van der Waals surface area contributed by atoms with Crippen LogP contribution in [0.4, 0.5) is 0 Å². The number of hydrogen-bond acceptors (Lipinski definition) is 4. The Morgan fingerprint density at radius 3 is 2.68 bits per heavy atom. The van der Waals surface area contributed by atoms with Gasteiger partial charge in [0.15, 0.2) is 6.10 Å². The third-order valence-electron chi connectivity index (χ3n) is 5.39. The summed E-state index contributed by atoms with van der Waals surface area (Å²) in [5, 5.41) is 0. The number of carbonyl (C=O) groups excluding carboxylic acids is 1. The number of fused-ring (bicyclic) bond motifs is 2. The number of piperidine rings is 1. The number of hydrogen-bond donors (Lipinski definition) is 0. The Morgan fingerprint density at radius 2 is 2.00 bits per heavy atom. The van der Waals surface area contributed by atoms with Crippen molar-refractivity contribution >= 4 is 5.91 Å². The highest BCUT2D eigenvalue weighted by molar-refractivity contribution is 5.83. The third kappa shape index (κ3) is 2.87. The zero-order valence-corrected chi connectivity index (χ0v) is 14.8. The Kier molecular flexibility index (Phi) is 4.13. The molecule has 1 fully saturated rings. The molecule has 1 saturated heterocycles. The molecular weight excluding hydrogens is 316 g/mol. The molecule has 0 unspecified atom stereocenters. The SMILES string of the molecule is CN(C)C(=O)[C@H]1OC2(CCN(Cc3ccoc3)CC2)c2ccccc21. The molecule has 0 N–H and O–H groups in total. The first-order valence-electron chi connectivity index (χ1n) is 8.81.